The van der Waals surface area contributed by atoms with E-state index in [9.17, 15) is 0 Å². The van der Waals surface area contributed by atoms with Crippen LogP contribution in [0.5, 0.6) is 23.1 Å². The Hall–Kier alpha value is -3.17. The van der Waals surface area contributed by atoms with Gasteiger partial charge in [0.15, 0.2) is 16.6 Å². The maximum atomic E-state index is 5.99. The number of fused-ring (bicyclic) bond motifs is 1. The maximum absolute atomic E-state index is 5.99. The van der Waals surface area contributed by atoms with E-state index in [0.717, 1.165) is 24.2 Å². The molecule has 0 spiro atoms. The van der Waals surface area contributed by atoms with Gasteiger partial charge in [0.2, 0.25) is 5.88 Å². The lowest BCUT2D eigenvalue weighted by Crippen LogP contribution is -2.34. The summed E-state index contributed by atoms with van der Waals surface area (Å²) in [4.78, 5) is 10.6. The minimum atomic E-state index is 0.433. The molecule has 2 aromatic carbocycles. The van der Waals surface area contributed by atoms with Crippen molar-refractivity contribution in [3.8, 4) is 23.1 Å². The van der Waals surface area contributed by atoms with Crippen molar-refractivity contribution in [3.05, 3.63) is 42.7 Å². The van der Waals surface area contributed by atoms with Crippen LogP contribution in [0.15, 0.2) is 42.7 Å². The van der Waals surface area contributed by atoms with Gasteiger partial charge in [0.1, 0.15) is 12.1 Å². The number of ether oxygens (including phenoxy) is 3. The SMILES string of the molecule is COc1cc2ncnc(Oc3ccc(NC(=S)NCCN(C)C)cc3)c2cc1OC. The molecule has 0 fully saturated rings. The third-order valence-corrected chi connectivity index (χ3v) is 4.52. The van der Waals surface area contributed by atoms with Gasteiger partial charge >= 0.3 is 0 Å². The number of hydrogen-bond acceptors (Lipinski definition) is 7. The lowest BCUT2D eigenvalue weighted by molar-refractivity contribution is 0.355. The van der Waals surface area contributed by atoms with Crippen molar-refractivity contribution in [2.24, 2.45) is 0 Å². The Bertz CT molecular complexity index is 1010. The molecular weight excluding hydrogens is 402 g/mol. The average molecular weight is 428 g/mol. The van der Waals surface area contributed by atoms with E-state index in [0.29, 0.717) is 33.8 Å². The largest absolute Gasteiger partial charge is 0.493 e. The van der Waals surface area contributed by atoms with Crippen molar-refractivity contribution in [2.75, 3.05) is 46.7 Å². The summed E-state index contributed by atoms with van der Waals surface area (Å²) in [5.41, 5.74) is 1.56. The number of aromatic nitrogens is 2. The summed E-state index contributed by atoms with van der Waals surface area (Å²) < 4.78 is 16.7. The van der Waals surface area contributed by atoms with E-state index in [1.165, 1.54) is 6.33 Å². The van der Waals surface area contributed by atoms with Gasteiger partial charge in [-0.2, -0.15) is 0 Å². The summed E-state index contributed by atoms with van der Waals surface area (Å²) in [6, 6.07) is 11.1. The van der Waals surface area contributed by atoms with E-state index < -0.39 is 0 Å². The molecule has 0 saturated carbocycles. The molecule has 1 heterocycles. The van der Waals surface area contributed by atoms with Crippen LogP contribution in [-0.2, 0) is 0 Å². The number of nitrogens with zero attached hydrogens (tertiary/aromatic N) is 3. The van der Waals surface area contributed by atoms with Gasteiger partial charge in [0.05, 0.1) is 25.1 Å². The molecule has 2 N–H and O–H groups in total. The predicted molar refractivity (Wildman–Crippen MR) is 122 cm³/mol. The highest BCUT2D eigenvalue weighted by atomic mass is 32.1. The second kappa shape index (κ2) is 10.0. The van der Waals surface area contributed by atoms with E-state index in [-0.39, 0.29) is 0 Å². The Kier molecular flexibility index (Phi) is 7.21. The van der Waals surface area contributed by atoms with Crippen molar-refractivity contribution in [1.29, 1.82) is 0 Å². The molecule has 0 aliphatic carbocycles. The first-order valence-corrected chi connectivity index (χ1v) is 9.75. The van der Waals surface area contributed by atoms with Crippen LogP contribution >= 0.6 is 12.2 Å². The van der Waals surface area contributed by atoms with Crippen molar-refractivity contribution >= 4 is 33.9 Å². The molecule has 0 atom stereocenters. The number of rotatable bonds is 8. The number of hydrogen-bond donors (Lipinski definition) is 2. The van der Waals surface area contributed by atoms with Crippen LogP contribution in [0.3, 0.4) is 0 Å². The number of benzene rings is 2. The topological polar surface area (TPSA) is 80.8 Å². The molecule has 8 nitrogen and oxygen atoms in total. The van der Waals surface area contributed by atoms with Crippen LogP contribution in [0.2, 0.25) is 0 Å². The number of methoxy groups -OCH3 is 2. The molecule has 9 heteroatoms. The standard InChI is InChI=1S/C21H25N5O3S/c1-26(2)10-9-22-21(30)25-14-5-7-15(8-6-14)29-20-16-11-18(27-3)19(28-4)12-17(16)23-13-24-20/h5-8,11-13H,9-10H2,1-4H3,(H2,22,25,30). The molecule has 158 valence electrons. The molecule has 0 aliphatic heterocycles. The number of nitrogens with one attached hydrogen (secondary N) is 2. The highest BCUT2D eigenvalue weighted by molar-refractivity contribution is 7.80. The number of thiocarbonyl (C=S) groups is 1. The molecule has 3 rings (SSSR count). The van der Waals surface area contributed by atoms with Gasteiger partial charge in [0, 0.05) is 24.8 Å². The first-order valence-electron chi connectivity index (χ1n) is 9.34. The van der Waals surface area contributed by atoms with Gasteiger partial charge in [0.25, 0.3) is 0 Å². The fourth-order valence-electron chi connectivity index (χ4n) is 2.73. The number of anilines is 1. The Balaban J connectivity index is 1.71. The van der Waals surface area contributed by atoms with Gasteiger partial charge in [-0.1, -0.05) is 0 Å². The molecule has 0 unspecified atom stereocenters. The first-order chi connectivity index (χ1) is 14.5. The van der Waals surface area contributed by atoms with Crippen molar-refractivity contribution < 1.29 is 14.2 Å². The average Bonchev–Trinajstić information content (AvgIpc) is 2.74. The third kappa shape index (κ3) is 5.46. The molecule has 0 saturated heterocycles. The summed E-state index contributed by atoms with van der Waals surface area (Å²) in [5.74, 6) is 2.25. The monoisotopic (exact) mass is 427 g/mol. The maximum Gasteiger partial charge on any atom is 0.230 e. The Morgan fingerprint density at radius 3 is 2.40 bits per heavy atom. The quantitative estimate of drug-likeness (QED) is 0.526. The van der Waals surface area contributed by atoms with Crippen LogP contribution in [0.1, 0.15) is 0 Å². The highest BCUT2D eigenvalue weighted by Crippen LogP contribution is 2.35. The van der Waals surface area contributed by atoms with Gasteiger partial charge in [-0.15, -0.1) is 0 Å². The Morgan fingerprint density at radius 2 is 1.73 bits per heavy atom. The van der Waals surface area contributed by atoms with Crippen molar-refractivity contribution in [1.82, 2.24) is 20.2 Å². The van der Waals surface area contributed by atoms with Crippen LogP contribution in [-0.4, -0.2) is 61.4 Å². The Labute approximate surface area is 181 Å². The minimum absolute atomic E-state index is 0.433. The third-order valence-electron chi connectivity index (χ3n) is 4.28. The summed E-state index contributed by atoms with van der Waals surface area (Å²) >= 11 is 5.31. The molecule has 1 aromatic heterocycles. The molecular formula is C21H25N5O3S. The number of likely N-dealkylation sites (N-methyl/N-ethyl adjacent to an activating group) is 1. The van der Waals surface area contributed by atoms with E-state index in [1.54, 1.807) is 26.4 Å². The van der Waals surface area contributed by atoms with Gasteiger partial charge < -0.3 is 29.7 Å². The van der Waals surface area contributed by atoms with Crippen LogP contribution in [0.25, 0.3) is 10.9 Å². The smallest absolute Gasteiger partial charge is 0.230 e. The van der Waals surface area contributed by atoms with E-state index >= 15 is 0 Å². The lowest BCUT2D eigenvalue weighted by Gasteiger charge is -2.14. The van der Waals surface area contributed by atoms with Crippen LogP contribution < -0.4 is 24.8 Å². The molecule has 3 aromatic rings. The van der Waals surface area contributed by atoms with Crippen LogP contribution in [0.4, 0.5) is 5.69 Å². The summed E-state index contributed by atoms with van der Waals surface area (Å²) in [7, 11) is 7.20. The second-order valence-corrected chi connectivity index (χ2v) is 7.12. The van der Waals surface area contributed by atoms with E-state index in [1.807, 2.05) is 38.4 Å². The fourth-order valence-corrected chi connectivity index (χ4v) is 2.95. The minimum Gasteiger partial charge on any atom is -0.493 e. The van der Waals surface area contributed by atoms with E-state index in [2.05, 4.69) is 25.5 Å². The second-order valence-electron chi connectivity index (χ2n) is 6.71. The van der Waals surface area contributed by atoms with Crippen LogP contribution in [0, 0.1) is 0 Å². The Morgan fingerprint density at radius 1 is 1.03 bits per heavy atom. The summed E-state index contributed by atoms with van der Waals surface area (Å²) in [5, 5.41) is 7.62. The van der Waals surface area contributed by atoms with Gasteiger partial charge in [-0.05, 0) is 56.6 Å². The first kappa shape index (κ1) is 21.5. The van der Waals surface area contributed by atoms with E-state index in [4.69, 9.17) is 26.4 Å². The zero-order valence-electron chi connectivity index (χ0n) is 17.4. The van der Waals surface area contributed by atoms with Crippen molar-refractivity contribution in [2.45, 2.75) is 0 Å². The molecule has 0 radical (unpaired) electrons. The normalized spacial score (nSPS) is 10.7. The molecule has 0 amide bonds. The highest BCUT2D eigenvalue weighted by Gasteiger charge is 2.12. The summed E-state index contributed by atoms with van der Waals surface area (Å²) in [6.07, 6.45) is 1.46. The zero-order chi connectivity index (χ0) is 21.5. The van der Waals surface area contributed by atoms with Gasteiger partial charge in [-0.3, -0.25) is 0 Å². The predicted octanol–water partition coefficient (Wildman–Crippen LogP) is 3.29. The molecule has 0 aliphatic rings. The molecule has 30 heavy (non-hydrogen) atoms. The summed E-state index contributed by atoms with van der Waals surface area (Å²) in [6.45, 7) is 1.67. The van der Waals surface area contributed by atoms with Crippen molar-refractivity contribution in [3.63, 3.8) is 0 Å². The van der Waals surface area contributed by atoms with Gasteiger partial charge in [-0.25, -0.2) is 9.97 Å². The zero-order valence-corrected chi connectivity index (χ0v) is 18.2. The molecule has 0 bridgehead atoms. The fraction of sp³-hybridized carbons (Fsp3) is 0.286. The lowest BCUT2D eigenvalue weighted by atomic mass is 10.2.